The van der Waals surface area contributed by atoms with E-state index in [1.54, 1.807) is 0 Å². The zero-order valence-corrected chi connectivity index (χ0v) is 10.1. The van der Waals surface area contributed by atoms with E-state index in [9.17, 15) is 0 Å². The molecule has 1 aromatic rings. The SMILES string of the molecule is CCc1ccc(CC2CSCCN2)cc1. The Kier molecular flexibility index (Phi) is 4.09. The predicted molar refractivity (Wildman–Crippen MR) is 68.6 cm³/mol. The molecule has 1 unspecified atom stereocenters. The highest BCUT2D eigenvalue weighted by Gasteiger charge is 2.12. The van der Waals surface area contributed by atoms with Crippen LogP contribution in [0, 0.1) is 0 Å². The van der Waals surface area contributed by atoms with Crippen LogP contribution in [-0.4, -0.2) is 24.1 Å². The van der Waals surface area contributed by atoms with Gasteiger partial charge in [-0.1, -0.05) is 31.2 Å². The number of hydrogen-bond donors (Lipinski definition) is 1. The topological polar surface area (TPSA) is 12.0 Å². The number of aryl methyl sites for hydroxylation is 1. The molecule has 1 nitrogen and oxygen atoms in total. The van der Waals surface area contributed by atoms with Gasteiger partial charge in [-0.15, -0.1) is 0 Å². The van der Waals surface area contributed by atoms with Crippen molar-refractivity contribution in [3.8, 4) is 0 Å². The lowest BCUT2D eigenvalue weighted by Crippen LogP contribution is -2.38. The maximum absolute atomic E-state index is 3.58. The molecule has 1 aliphatic heterocycles. The summed E-state index contributed by atoms with van der Waals surface area (Å²) in [5, 5.41) is 3.58. The summed E-state index contributed by atoms with van der Waals surface area (Å²) in [4.78, 5) is 0. The van der Waals surface area contributed by atoms with E-state index in [0.717, 1.165) is 6.42 Å². The fraction of sp³-hybridized carbons (Fsp3) is 0.538. The minimum Gasteiger partial charge on any atom is -0.312 e. The summed E-state index contributed by atoms with van der Waals surface area (Å²) in [6.45, 7) is 3.37. The van der Waals surface area contributed by atoms with Gasteiger partial charge in [-0.3, -0.25) is 0 Å². The molecule has 0 spiro atoms. The molecule has 1 saturated heterocycles. The smallest absolute Gasteiger partial charge is 0.0198 e. The van der Waals surface area contributed by atoms with E-state index >= 15 is 0 Å². The molecule has 82 valence electrons. The standard InChI is InChI=1S/C13H19NS/c1-2-11-3-5-12(6-4-11)9-13-10-15-8-7-14-13/h3-6,13-14H,2,7-10H2,1H3. The van der Waals surface area contributed by atoms with Crippen LogP contribution >= 0.6 is 11.8 Å². The molecular weight excluding hydrogens is 202 g/mol. The van der Waals surface area contributed by atoms with Crippen LogP contribution in [0.4, 0.5) is 0 Å². The van der Waals surface area contributed by atoms with Gasteiger partial charge >= 0.3 is 0 Å². The van der Waals surface area contributed by atoms with Crippen molar-refractivity contribution >= 4 is 11.8 Å². The molecule has 1 N–H and O–H groups in total. The molecule has 1 atom stereocenters. The molecule has 15 heavy (non-hydrogen) atoms. The van der Waals surface area contributed by atoms with Gasteiger partial charge in [0.05, 0.1) is 0 Å². The largest absolute Gasteiger partial charge is 0.312 e. The van der Waals surface area contributed by atoms with Crippen molar-refractivity contribution in [3.63, 3.8) is 0 Å². The molecule has 0 amide bonds. The van der Waals surface area contributed by atoms with Gasteiger partial charge in [-0.2, -0.15) is 11.8 Å². The van der Waals surface area contributed by atoms with Crippen molar-refractivity contribution in [2.24, 2.45) is 0 Å². The first-order valence-electron chi connectivity index (χ1n) is 5.77. The third-order valence-electron chi connectivity index (χ3n) is 2.91. The van der Waals surface area contributed by atoms with Gasteiger partial charge in [0.2, 0.25) is 0 Å². The second-order valence-electron chi connectivity index (χ2n) is 4.10. The quantitative estimate of drug-likeness (QED) is 0.841. The molecule has 1 fully saturated rings. The molecule has 2 heteroatoms. The van der Waals surface area contributed by atoms with E-state index in [1.807, 2.05) is 0 Å². The van der Waals surface area contributed by atoms with Gasteiger partial charge < -0.3 is 5.32 Å². The first-order valence-corrected chi connectivity index (χ1v) is 6.93. The highest BCUT2D eigenvalue weighted by Crippen LogP contribution is 2.13. The number of rotatable bonds is 3. The van der Waals surface area contributed by atoms with Crippen molar-refractivity contribution < 1.29 is 0 Å². The predicted octanol–water partition coefficient (Wildman–Crippen LogP) is 2.50. The highest BCUT2D eigenvalue weighted by molar-refractivity contribution is 7.99. The van der Waals surface area contributed by atoms with Crippen LogP contribution in [-0.2, 0) is 12.8 Å². The summed E-state index contributed by atoms with van der Waals surface area (Å²) in [5.41, 5.74) is 2.90. The van der Waals surface area contributed by atoms with Crippen molar-refractivity contribution in [1.29, 1.82) is 0 Å². The Morgan fingerprint density at radius 3 is 2.60 bits per heavy atom. The van der Waals surface area contributed by atoms with Crippen LogP contribution < -0.4 is 5.32 Å². The Labute approximate surface area is 96.7 Å². The lowest BCUT2D eigenvalue weighted by atomic mass is 10.0. The first kappa shape index (κ1) is 11.0. The molecule has 0 saturated carbocycles. The second kappa shape index (κ2) is 5.57. The maximum Gasteiger partial charge on any atom is 0.0198 e. The van der Waals surface area contributed by atoms with E-state index < -0.39 is 0 Å². The summed E-state index contributed by atoms with van der Waals surface area (Å²) in [6, 6.07) is 9.74. The van der Waals surface area contributed by atoms with Crippen molar-refractivity contribution in [2.45, 2.75) is 25.8 Å². The summed E-state index contributed by atoms with van der Waals surface area (Å²) >= 11 is 2.07. The van der Waals surface area contributed by atoms with E-state index in [0.29, 0.717) is 6.04 Å². The van der Waals surface area contributed by atoms with Gasteiger partial charge in [-0.25, -0.2) is 0 Å². The van der Waals surface area contributed by atoms with Crippen LogP contribution in [0.5, 0.6) is 0 Å². The summed E-state index contributed by atoms with van der Waals surface area (Å²) in [7, 11) is 0. The van der Waals surface area contributed by atoms with E-state index in [2.05, 4.69) is 48.3 Å². The lowest BCUT2D eigenvalue weighted by molar-refractivity contribution is 0.563. The van der Waals surface area contributed by atoms with Crippen molar-refractivity contribution in [2.75, 3.05) is 18.1 Å². The Hall–Kier alpha value is -0.470. The van der Waals surface area contributed by atoms with Crippen LogP contribution in [0.3, 0.4) is 0 Å². The second-order valence-corrected chi connectivity index (χ2v) is 5.25. The number of benzene rings is 1. The zero-order valence-electron chi connectivity index (χ0n) is 9.33. The summed E-state index contributed by atoms with van der Waals surface area (Å²) in [6.07, 6.45) is 2.31. The fourth-order valence-corrected chi connectivity index (χ4v) is 2.90. The first-order chi connectivity index (χ1) is 7.38. The van der Waals surface area contributed by atoms with E-state index in [4.69, 9.17) is 0 Å². The highest BCUT2D eigenvalue weighted by atomic mass is 32.2. The Morgan fingerprint density at radius 1 is 1.27 bits per heavy atom. The maximum atomic E-state index is 3.58. The number of hydrogen-bond acceptors (Lipinski definition) is 2. The molecule has 1 aliphatic rings. The van der Waals surface area contributed by atoms with Gasteiger partial charge in [0.25, 0.3) is 0 Å². The summed E-state index contributed by atoms with van der Waals surface area (Å²) < 4.78 is 0. The Balaban J connectivity index is 1.91. The monoisotopic (exact) mass is 221 g/mol. The van der Waals surface area contributed by atoms with Gasteiger partial charge in [0, 0.05) is 24.1 Å². The van der Waals surface area contributed by atoms with Gasteiger partial charge in [0.15, 0.2) is 0 Å². The normalized spacial score (nSPS) is 21.5. The molecule has 0 radical (unpaired) electrons. The van der Waals surface area contributed by atoms with Crippen molar-refractivity contribution in [1.82, 2.24) is 5.32 Å². The molecule has 0 aromatic heterocycles. The van der Waals surface area contributed by atoms with Crippen LogP contribution in [0.15, 0.2) is 24.3 Å². The number of thioether (sulfide) groups is 1. The lowest BCUT2D eigenvalue weighted by Gasteiger charge is -2.23. The molecule has 0 bridgehead atoms. The van der Waals surface area contributed by atoms with Crippen LogP contribution in [0.2, 0.25) is 0 Å². The average Bonchev–Trinajstić information content (AvgIpc) is 2.31. The van der Waals surface area contributed by atoms with Crippen LogP contribution in [0.1, 0.15) is 18.1 Å². The minimum atomic E-state index is 0.677. The molecular formula is C13H19NS. The Morgan fingerprint density at radius 2 is 2.00 bits per heavy atom. The minimum absolute atomic E-state index is 0.677. The summed E-state index contributed by atoms with van der Waals surface area (Å²) in [5.74, 6) is 2.53. The van der Waals surface area contributed by atoms with Crippen LogP contribution in [0.25, 0.3) is 0 Å². The third-order valence-corrected chi connectivity index (χ3v) is 4.04. The van der Waals surface area contributed by atoms with Crippen molar-refractivity contribution in [3.05, 3.63) is 35.4 Å². The van der Waals surface area contributed by atoms with E-state index in [-0.39, 0.29) is 0 Å². The number of nitrogens with one attached hydrogen (secondary N) is 1. The van der Waals surface area contributed by atoms with Gasteiger partial charge in [0.1, 0.15) is 0 Å². The molecule has 2 rings (SSSR count). The molecule has 0 aliphatic carbocycles. The third kappa shape index (κ3) is 3.25. The fourth-order valence-electron chi connectivity index (χ4n) is 1.95. The molecule has 1 heterocycles. The Bertz CT molecular complexity index is 288. The van der Waals surface area contributed by atoms with E-state index in [1.165, 1.54) is 35.6 Å². The molecule has 1 aromatic carbocycles. The average molecular weight is 221 g/mol. The zero-order chi connectivity index (χ0) is 10.5. The van der Waals surface area contributed by atoms with Gasteiger partial charge in [-0.05, 0) is 24.0 Å².